The number of imidazole rings is 1. The van der Waals surface area contributed by atoms with Crippen molar-refractivity contribution in [1.29, 1.82) is 0 Å². The molecule has 10 heteroatoms. The molecule has 1 aliphatic heterocycles. The number of amides is 1. The van der Waals surface area contributed by atoms with E-state index in [2.05, 4.69) is 4.98 Å². The molecule has 0 fully saturated rings. The first-order chi connectivity index (χ1) is 15.4. The van der Waals surface area contributed by atoms with Gasteiger partial charge in [0.15, 0.2) is 28.8 Å². The second-order valence-electron chi connectivity index (χ2n) is 7.85. The maximum absolute atomic E-state index is 12.8. The van der Waals surface area contributed by atoms with Crippen molar-refractivity contribution in [3.05, 3.63) is 51.4 Å². The van der Waals surface area contributed by atoms with Crippen molar-refractivity contribution in [3.8, 4) is 11.5 Å². The van der Waals surface area contributed by atoms with Gasteiger partial charge in [0.1, 0.15) is 6.61 Å². The fourth-order valence-electron chi connectivity index (χ4n) is 3.93. The molecule has 10 nitrogen and oxygen atoms in total. The predicted molar refractivity (Wildman–Crippen MR) is 118 cm³/mol. The predicted octanol–water partition coefficient (Wildman–Crippen LogP) is 0.902. The zero-order valence-corrected chi connectivity index (χ0v) is 18.5. The van der Waals surface area contributed by atoms with Crippen LogP contribution in [0.4, 0.5) is 0 Å². The SMILES string of the molecule is CCN(C[C@H]1COc2ccccc2O1)C(=O)CCCn1cnc2c1c(=O)n(C)c(=O)n2C. The Kier molecular flexibility index (Phi) is 6.02. The van der Waals surface area contributed by atoms with Crippen molar-refractivity contribution in [2.75, 3.05) is 19.7 Å². The summed E-state index contributed by atoms with van der Waals surface area (Å²) >= 11 is 0. The van der Waals surface area contributed by atoms with Crippen molar-refractivity contribution in [2.45, 2.75) is 32.4 Å². The number of aryl methyl sites for hydroxylation is 2. The molecule has 170 valence electrons. The Hall–Kier alpha value is -3.56. The van der Waals surface area contributed by atoms with Gasteiger partial charge in [-0.2, -0.15) is 0 Å². The van der Waals surface area contributed by atoms with Gasteiger partial charge in [-0.3, -0.25) is 18.7 Å². The van der Waals surface area contributed by atoms with Crippen LogP contribution in [0.5, 0.6) is 11.5 Å². The molecule has 0 saturated carbocycles. The molecule has 0 spiro atoms. The van der Waals surface area contributed by atoms with Crippen LogP contribution in [0.1, 0.15) is 19.8 Å². The molecule has 0 N–H and O–H groups in total. The number of likely N-dealkylation sites (N-methyl/N-ethyl adjacent to an activating group) is 1. The quantitative estimate of drug-likeness (QED) is 0.540. The summed E-state index contributed by atoms with van der Waals surface area (Å²) in [6.07, 6.45) is 2.18. The lowest BCUT2D eigenvalue weighted by atomic mass is 10.2. The van der Waals surface area contributed by atoms with Gasteiger partial charge in [-0.1, -0.05) is 12.1 Å². The molecular formula is C22H27N5O5. The molecule has 0 bridgehead atoms. The van der Waals surface area contributed by atoms with E-state index in [-0.39, 0.29) is 12.0 Å². The molecule has 0 radical (unpaired) electrons. The van der Waals surface area contributed by atoms with Crippen LogP contribution >= 0.6 is 0 Å². The van der Waals surface area contributed by atoms with E-state index in [0.29, 0.717) is 61.7 Å². The molecule has 0 saturated heterocycles. The third-order valence-corrected chi connectivity index (χ3v) is 5.73. The maximum Gasteiger partial charge on any atom is 0.332 e. The number of para-hydroxylation sites is 2. The van der Waals surface area contributed by atoms with Gasteiger partial charge in [0.05, 0.1) is 12.9 Å². The molecule has 2 aromatic heterocycles. The van der Waals surface area contributed by atoms with Crippen molar-refractivity contribution in [1.82, 2.24) is 23.6 Å². The van der Waals surface area contributed by atoms with Crippen LogP contribution in [0.3, 0.4) is 0 Å². The Morgan fingerprint density at radius 1 is 1.19 bits per heavy atom. The van der Waals surface area contributed by atoms with Crippen LogP contribution < -0.4 is 20.7 Å². The minimum Gasteiger partial charge on any atom is -0.486 e. The first-order valence-electron chi connectivity index (χ1n) is 10.7. The van der Waals surface area contributed by atoms with Gasteiger partial charge < -0.3 is 18.9 Å². The van der Waals surface area contributed by atoms with E-state index in [0.717, 1.165) is 4.57 Å². The summed E-state index contributed by atoms with van der Waals surface area (Å²) in [4.78, 5) is 43.4. The van der Waals surface area contributed by atoms with Crippen molar-refractivity contribution in [2.24, 2.45) is 14.1 Å². The van der Waals surface area contributed by atoms with E-state index in [9.17, 15) is 14.4 Å². The molecule has 0 unspecified atom stereocenters. The number of hydrogen-bond donors (Lipinski definition) is 0. The van der Waals surface area contributed by atoms with Crippen LogP contribution in [-0.2, 0) is 25.4 Å². The Balaban J connectivity index is 1.37. The summed E-state index contributed by atoms with van der Waals surface area (Å²) in [5.41, 5.74) is -0.106. The van der Waals surface area contributed by atoms with E-state index < -0.39 is 11.2 Å². The molecule has 1 aliphatic rings. The topological polar surface area (TPSA) is 101 Å². The average molecular weight is 441 g/mol. The number of nitrogens with zero attached hydrogens (tertiary/aromatic N) is 5. The number of ether oxygens (including phenoxy) is 2. The van der Waals surface area contributed by atoms with Crippen molar-refractivity contribution < 1.29 is 14.3 Å². The second kappa shape index (κ2) is 8.89. The van der Waals surface area contributed by atoms with Gasteiger partial charge in [-0.15, -0.1) is 0 Å². The monoisotopic (exact) mass is 441 g/mol. The normalized spacial score (nSPS) is 15.2. The summed E-state index contributed by atoms with van der Waals surface area (Å²) in [5, 5.41) is 0. The molecule has 4 rings (SSSR count). The lowest BCUT2D eigenvalue weighted by Gasteiger charge is -2.31. The highest BCUT2D eigenvalue weighted by Gasteiger charge is 2.24. The van der Waals surface area contributed by atoms with Crippen molar-refractivity contribution in [3.63, 3.8) is 0 Å². The molecular weight excluding hydrogens is 414 g/mol. The molecule has 0 aliphatic carbocycles. The lowest BCUT2D eigenvalue weighted by Crippen LogP contribution is -2.43. The van der Waals surface area contributed by atoms with E-state index >= 15 is 0 Å². The Labute approximate surface area is 184 Å². The molecule has 32 heavy (non-hydrogen) atoms. The highest BCUT2D eigenvalue weighted by molar-refractivity contribution is 5.76. The maximum atomic E-state index is 12.8. The molecule has 1 amide bonds. The zero-order chi connectivity index (χ0) is 22.8. The first-order valence-corrected chi connectivity index (χ1v) is 10.7. The molecule has 3 heterocycles. The number of fused-ring (bicyclic) bond motifs is 2. The van der Waals surface area contributed by atoms with Crippen LogP contribution in [0, 0.1) is 0 Å². The van der Waals surface area contributed by atoms with E-state index in [4.69, 9.17) is 9.47 Å². The van der Waals surface area contributed by atoms with Gasteiger partial charge in [0, 0.05) is 33.6 Å². The smallest absolute Gasteiger partial charge is 0.332 e. The summed E-state index contributed by atoms with van der Waals surface area (Å²) < 4.78 is 15.8. The van der Waals surface area contributed by atoms with Gasteiger partial charge in [0.2, 0.25) is 5.91 Å². The second-order valence-corrected chi connectivity index (χ2v) is 7.85. The van der Waals surface area contributed by atoms with Gasteiger partial charge in [-0.05, 0) is 25.5 Å². The number of rotatable bonds is 7. The number of carbonyl (C=O) groups is 1. The third-order valence-electron chi connectivity index (χ3n) is 5.73. The summed E-state index contributed by atoms with van der Waals surface area (Å²) in [6.45, 7) is 3.79. The zero-order valence-electron chi connectivity index (χ0n) is 18.5. The van der Waals surface area contributed by atoms with E-state index in [1.54, 1.807) is 16.5 Å². The highest BCUT2D eigenvalue weighted by atomic mass is 16.6. The number of benzene rings is 1. The van der Waals surface area contributed by atoms with E-state index in [1.807, 2.05) is 31.2 Å². The van der Waals surface area contributed by atoms with Gasteiger partial charge in [0.25, 0.3) is 5.56 Å². The minimum atomic E-state index is -0.418. The van der Waals surface area contributed by atoms with Crippen molar-refractivity contribution >= 4 is 17.1 Å². The largest absolute Gasteiger partial charge is 0.486 e. The first kappa shape index (κ1) is 21.7. The number of aromatic nitrogens is 4. The highest BCUT2D eigenvalue weighted by Crippen LogP contribution is 2.31. The average Bonchev–Trinajstić information content (AvgIpc) is 3.23. The van der Waals surface area contributed by atoms with Crippen LogP contribution in [0.15, 0.2) is 40.2 Å². The molecule has 1 atom stereocenters. The van der Waals surface area contributed by atoms with Gasteiger partial charge >= 0.3 is 5.69 Å². The fourth-order valence-corrected chi connectivity index (χ4v) is 3.93. The standard InChI is InChI=1S/C22H27N5O5/c1-4-26(12-15-13-31-16-8-5-6-9-17(16)32-15)18(28)10-7-11-27-14-23-20-19(27)21(29)25(3)22(30)24(20)2/h5-6,8-9,14-15H,4,7,10-13H2,1-3H3/t15-/m0/s1. The molecule has 3 aromatic rings. The number of carbonyl (C=O) groups excluding carboxylic acids is 1. The Morgan fingerprint density at radius 2 is 1.94 bits per heavy atom. The minimum absolute atomic E-state index is 0.0136. The summed E-state index contributed by atoms with van der Waals surface area (Å²) in [6, 6.07) is 7.50. The summed E-state index contributed by atoms with van der Waals surface area (Å²) in [7, 11) is 3.03. The Morgan fingerprint density at radius 3 is 2.69 bits per heavy atom. The Bertz CT molecular complexity index is 1260. The summed E-state index contributed by atoms with van der Waals surface area (Å²) in [5.74, 6) is 1.42. The van der Waals surface area contributed by atoms with Crippen LogP contribution in [0.25, 0.3) is 11.2 Å². The van der Waals surface area contributed by atoms with Crippen LogP contribution in [-0.4, -0.2) is 55.3 Å². The van der Waals surface area contributed by atoms with Gasteiger partial charge in [-0.25, -0.2) is 9.78 Å². The van der Waals surface area contributed by atoms with Crippen LogP contribution in [0.2, 0.25) is 0 Å². The lowest BCUT2D eigenvalue weighted by molar-refractivity contribution is -0.132. The fraction of sp³-hybridized carbons (Fsp3) is 0.455. The van der Waals surface area contributed by atoms with E-state index in [1.165, 1.54) is 17.9 Å². The third kappa shape index (κ3) is 4.00. The molecule has 1 aromatic carbocycles. The number of hydrogen-bond acceptors (Lipinski definition) is 6.